The molecule has 1 aliphatic heterocycles. The molecule has 1 heterocycles. The van der Waals surface area contributed by atoms with Gasteiger partial charge >= 0.3 is 12.1 Å². The molecule has 1 N–H and O–H groups in total. The quantitative estimate of drug-likeness (QED) is 0.178. The van der Waals surface area contributed by atoms with Crippen LogP contribution in [-0.2, 0) is 28.8 Å². The number of carbonyl (C=O) groups is 3. The highest BCUT2D eigenvalue weighted by Crippen LogP contribution is 2.40. The summed E-state index contributed by atoms with van der Waals surface area (Å²) in [5, 5.41) is 3.12. The highest BCUT2D eigenvalue weighted by molar-refractivity contribution is 5.94. The second-order valence-electron chi connectivity index (χ2n) is 15.8. The first kappa shape index (κ1) is 37.7. The largest absolute Gasteiger partial charge is 0.493 e. The van der Waals surface area contributed by atoms with E-state index in [1.54, 1.807) is 19.1 Å². The molecule has 9 nitrogen and oxygen atoms in total. The summed E-state index contributed by atoms with van der Waals surface area (Å²) in [5.41, 5.74) is 5.48. The van der Waals surface area contributed by atoms with Crippen molar-refractivity contribution in [3.05, 3.63) is 88.0 Å². The van der Waals surface area contributed by atoms with Gasteiger partial charge in [0.05, 0.1) is 19.6 Å². The maximum absolute atomic E-state index is 13.2. The fourth-order valence-electron chi connectivity index (χ4n) is 6.90. The van der Waals surface area contributed by atoms with E-state index in [9.17, 15) is 14.4 Å². The molecule has 0 bridgehead atoms. The summed E-state index contributed by atoms with van der Waals surface area (Å²) in [7, 11) is 3.29. The number of piperidine rings is 1. The number of fused-ring (bicyclic) bond motifs is 1. The Hall–Kier alpha value is -4.53. The molecule has 9 heteroatoms. The van der Waals surface area contributed by atoms with Gasteiger partial charge in [-0.1, -0.05) is 18.2 Å². The molecular formula is C42H54N2O7. The van der Waals surface area contributed by atoms with Crippen molar-refractivity contribution < 1.29 is 33.3 Å². The van der Waals surface area contributed by atoms with Crippen LogP contribution < -0.4 is 19.5 Å². The molecule has 1 atom stereocenters. The predicted molar refractivity (Wildman–Crippen MR) is 198 cm³/mol. The van der Waals surface area contributed by atoms with Crippen LogP contribution in [0.1, 0.15) is 111 Å². The van der Waals surface area contributed by atoms with E-state index in [-0.39, 0.29) is 23.9 Å². The number of nitrogens with one attached hydrogen (secondary N) is 1. The monoisotopic (exact) mass is 698 g/mol. The molecule has 51 heavy (non-hydrogen) atoms. The number of benzene rings is 3. The third kappa shape index (κ3) is 9.63. The number of esters is 1. The second kappa shape index (κ2) is 15.8. The van der Waals surface area contributed by atoms with Gasteiger partial charge in [0.1, 0.15) is 11.4 Å². The lowest BCUT2D eigenvalue weighted by atomic mass is 9.78. The fraction of sp³-hybridized carbons (Fsp3) is 0.500. The number of aryl methyl sites for hydroxylation is 1. The Bertz CT molecular complexity index is 1710. The van der Waals surface area contributed by atoms with Gasteiger partial charge < -0.3 is 29.2 Å². The van der Waals surface area contributed by atoms with Crippen LogP contribution >= 0.6 is 0 Å². The minimum atomic E-state index is -0.570. The smallest absolute Gasteiger partial charge is 0.410 e. The predicted octanol–water partition coefficient (Wildman–Crippen LogP) is 8.01. The zero-order valence-electron chi connectivity index (χ0n) is 31.5. The van der Waals surface area contributed by atoms with E-state index in [0.717, 1.165) is 37.7 Å². The summed E-state index contributed by atoms with van der Waals surface area (Å²) in [5.74, 6) is 2.17. The van der Waals surface area contributed by atoms with Crippen LogP contribution in [0.4, 0.5) is 4.79 Å². The zero-order valence-corrected chi connectivity index (χ0v) is 31.5. The number of methoxy groups -OCH3 is 2. The molecule has 2 amide bonds. The summed E-state index contributed by atoms with van der Waals surface area (Å²) in [4.78, 5) is 39.9. The highest BCUT2D eigenvalue weighted by Gasteiger charge is 2.29. The van der Waals surface area contributed by atoms with Crippen LogP contribution in [0, 0.1) is 5.41 Å². The van der Waals surface area contributed by atoms with Crippen LogP contribution in [0.15, 0.2) is 54.6 Å². The second-order valence-corrected chi connectivity index (χ2v) is 15.8. The first-order valence-corrected chi connectivity index (χ1v) is 18.1. The van der Waals surface area contributed by atoms with Crippen molar-refractivity contribution in [1.82, 2.24) is 10.2 Å². The van der Waals surface area contributed by atoms with Crippen LogP contribution in [0.2, 0.25) is 0 Å². The van der Waals surface area contributed by atoms with Crippen molar-refractivity contribution in [2.75, 3.05) is 33.9 Å². The van der Waals surface area contributed by atoms with Gasteiger partial charge in [0.15, 0.2) is 11.5 Å². The molecule has 1 aliphatic carbocycles. The minimum Gasteiger partial charge on any atom is -0.493 e. The molecule has 3 aromatic rings. The number of amides is 2. The fourth-order valence-corrected chi connectivity index (χ4v) is 6.90. The molecule has 0 radical (unpaired) electrons. The maximum Gasteiger partial charge on any atom is 0.410 e. The summed E-state index contributed by atoms with van der Waals surface area (Å²) in [6, 6.07) is 17.9. The lowest BCUT2D eigenvalue weighted by Gasteiger charge is -2.33. The summed E-state index contributed by atoms with van der Waals surface area (Å²) >= 11 is 0. The number of nitrogens with zero attached hydrogens (tertiary/aromatic N) is 1. The van der Waals surface area contributed by atoms with Gasteiger partial charge in [-0.25, -0.2) is 4.79 Å². The topological polar surface area (TPSA) is 103 Å². The van der Waals surface area contributed by atoms with E-state index in [2.05, 4.69) is 17.4 Å². The van der Waals surface area contributed by atoms with Crippen molar-refractivity contribution in [1.29, 1.82) is 0 Å². The number of likely N-dealkylation sites (tertiary alicyclic amines) is 1. The lowest BCUT2D eigenvalue weighted by Crippen LogP contribution is -2.41. The Morgan fingerprint density at radius 3 is 2.10 bits per heavy atom. The molecule has 2 aliphatic rings. The third-order valence-electron chi connectivity index (χ3n) is 9.79. The van der Waals surface area contributed by atoms with Gasteiger partial charge in [-0.15, -0.1) is 0 Å². The van der Waals surface area contributed by atoms with E-state index in [1.165, 1.54) is 22.3 Å². The maximum atomic E-state index is 13.2. The highest BCUT2D eigenvalue weighted by atomic mass is 16.6. The first-order valence-electron chi connectivity index (χ1n) is 18.1. The van der Waals surface area contributed by atoms with Crippen molar-refractivity contribution in [2.45, 2.75) is 97.5 Å². The standard InChI is InChI=1S/C42H54N2O7/c1-41(2,3)39(46)50-34-16-15-30-23-32(14-13-31(30)24-34)35-26-37(49-8)36(48-7)25-33(35)17-20-43-38(45)29-11-9-27(10-12-29)28-18-21-44(22-19-28)40(47)51-42(4,5)6/h9-12,15-16,24-26,28,32H,13-14,17-23H2,1-8H3,(H,43,45). The van der Waals surface area contributed by atoms with Gasteiger partial charge in [-0.05, 0) is 156 Å². The SMILES string of the molecule is COc1cc(CCNC(=O)c2ccc(C3CCN(C(=O)OC(C)(C)C)CC3)cc2)c(C2CCc3cc(OC(=O)C(C)(C)C)ccc3C2)cc1OC. The van der Waals surface area contributed by atoms with Crippen molar-refractivity contribution >= 4 is 18.0 Å². The van der Waals surface area contributed by atoms with Crippen LogP contribution in [0.3, 0.4) is 0 Å². The molecule has 0 aromatic heterocycles. The van der Waals surface area contributed by atoms with Gasteiger partial charge in [-0.2, -0.15) is 0 Å². The van der Waals surface area contributed by atoms with Crippen molar-refractivity contribution in [3.63, 3.8) is 0 Å². The van der Waals surface area contributed by atoms with Gasteiger partial charge in [0.25, 0.3) is 5.91 Å². The number of ether oxygens (including phenoxy) is 4. The normalized spacial score (nSPS) is 16.5. The average molecular weight is 699 g/mol. The van der Waals surface area contributed by atoms with E-state index < -0.39 is 11.0 Å². The molecule has 1 saturated heterocycles. The minimum absolute atomic E-state index is 0.113. The molecule has 1 fully saturated rings. The number of carbonyl (C=O) groups excluding carboxylic acids is 3. The summed E-state index contributed by atoms with van der Waals surface area (Å²) < 4.78 is 22.5. The average Bonchev–Trinajstić information content (AvgIpc) is 3.10. The van der Waals surface area contributed by atoms with Crippen LogP contribution in [0.25, 0.3) is 0 Å². The number of rotatable bonds is 9. The number of hydrogen-bond acceptors (Lipinski definition) is 7. The lowest BCUT2D eigenvalue weighted by molar-refractivity contribution is -0.143. The van der Waals surface area contributed by atoms with Gasteiger partial charge in [0, 0.05) is 25.2 Å². The zero-order chi connectivity index (χ0) is 36.9. The van der Waals surface area contributed by atoms with Crippen molar-refractivity contribution in [3.8, 4) is 17.2 Å². The Balaban J connectivity index is 1.20. The van der Waals surface area contributed by atoms with Crippen LogP contribution in [0.5, 0.6) is 17.2 Å². The van der Waals surface area contributed by atoms with E-state index in [1.807, 2.05) is 84.0 Å². The Morgan fingerprint density at radius 1 is 0.804 bits per heavy atom. The van der Waals surface area contributed by atoms with Gasteiger partial charge in [-0.3, -0.25) is 9.59 Å². The van der Waals surface area contributed by atoms with Crippen LogP contribution in [-0.4, -0.2) is 62.3 Å². The van der Waals surface area contributed by atoms with E-state index in [4.69, 9.17) is 18.9 Å². The molecule has 0 spiro atoms. The van der Waals surface area contributed by atoms with Gasteiger partial charge in [0.2, 0.25) is 0 Å². The Morgan fingerprint density at radius 2 is 1.47 bits per heavy atom. The number of hydrogen-bond donors (Lipinski definition) is 1. The third-order valence-corrected chi connectivity index (χ3v) is 9.79. The molecule has 0 saturated carbocycles. The molecular weight excluding hydrogens is 644 g/mol. The molecule has 1 unspecified atom stereocenters. The van der Waals surface area contributed by atoms with E-state index in [0.29, 0.717) is 54.8 Å². The van der Waals surface area contributed by atoms with Crippen molar-refractivity contribution in [2.24, 2.45) is 5.41 Å². The first-order chi connectivity index (χ1) is 24.1. The summed E-state index contributed by atoms with van der Waals surface area (Å²) in [6.07, 6.45) is 4.76. The van der Waals surface area contributed by atoms with E-state index >= 15 is 0 Å². The Kier molecular flexibility index (Phi) is 11.7. The Labute approximate surface area is 303 Å². The summed E-state index contributed by atoms with van der Waals surface area (Å²) in [6.45, 7) is 13.0. The molecule has 3 aromatic carbocycles. The molecule has 274 valence electrons. The molecule has 5 rings (SSSR count).